The Morgan fingerprint density at radius 2 is 1.90 bits per heavy atom. The normalized spacial score (nSPS) is 17.0. The van der Waals surface area contributed by atoms with Crippen molar-refractivity contribution in [2.24, 2.45) is 5.92 Å². The summed E-state index contributed by atoms with van der Waals surface area (Å²) in [5.41, 5.74) is 1.10. The number of benzene rings is 1. The molecule has 1 aliphatic heterocycles. The van der Waals surface area contributed by atoms with Crippen LogP contribution in [0.5, 0.6) is 5.75 Å². The van der Waals surface area contributed by atoms with Crippen LogP contribution in [0.15, 0.2) is 24.3 Å². The molecule has 2 rings (SSSR count). The second kappa shape index (κ2) is 7.46. The van der Waals surface area contributed by atoms with Crippen LogP contribution in [-0.4, -0.2) is 37.0 Å². The third-order valence-electron chi connectivity index (χ3n) is 3.85. The lowest BCUT2D eigenvalue weighted by molar-refractivity contribution is -0.126. The van der Waals surface area contributed by atoms with Crippen molar-refractivity contribution < 1.29 is 9.53 Å². The predicted molar refractivity (Wildman–Crippen MR) is 84.3 cm³/mol. The summed E-state index contributed by atoms with van der Waals surface area (Å²) in [5, 5.41) is 3.05. The van der Waals surface area contributed by atoms with Gasteiger partial charge in [-0.3, -0.25) is 4.79 Å². The molecule has 4 heteroatoms. The topological polar surface area (TPSA) is 41.6 Å². The van der Waals surface area contributed by atoms with Gasteiger partial charge in [0, 0.05) is 12.5 Å². The number of carbonyl (C=O) groups excluding carboxylic acids is 1. The zero-order chi connectivity index (χ0) is 15.2. The summed E-state index contributed by atoms with van der Waals surface area (Å²) in [6.07, 6.45) is 2.10. The average molecular weight is 290 g/mol. The fourth-order valence-corrected chi connectivity index (χ4v) is 2.56. The molecule has 0 bridgehead atoms. The SMILES string of the molecule is CC(C)Oc1ccc(CNC(=O)C2CCN(C)CC2)cc1. The van der Waals surface area contributed by atoms with Crippen molar-refractivity contribution in [3.05, 3.63) is 29.8 Å². The van der Waals surface area contributed by atoms with E-state index < -0.39 is 0 Å². The average Bonchev–Trinajstić information content (AvgIpc) is 2.46. The third-order valence-corrected chi connectivity index (χ3v) is 3.85. The van der Waals surface area contributed by atoms with Crippen molar-refractivity contribution in [1.82, 2.24) is 10.2 Å². The van der Waals surface area contributed by atoms with Crippen LogP contribution in [0.4, 0.5) is 0 Å². The van der Waals surface area contributed by atoms with Crippen molar-refractivity contribution in [2.45, 2.75) is 39.3 Å². The molecular weight excluding hydrogens is 264 g/mol. The Hall–Kier alpha value is -1.55. The summed E-state index contributed by atoms with van der Waals surface area (Å²) in [6.45, 7) is 6.64. The van der Waals surface area contributed by atoms with Crippen LogP contribution in [0.3, 0.4) is 0 Å². The number of hydrogen-bond donors (Lipinski definition) is 1. The lowest BCUT2D eigenvalue weighted by Crippen LogP contribution is -2.38. The highest BCUT2D eigenvalue weighted by molar-refractivity contribution is 5.78. The minimum Gasteiger partial charge on any atom is -0.491 e. The van der Waals surface area contributed by atoms with Crippen LogP contribution in [-0.2, 0) is 11.3 Å². The number of carbonyl (C=O) groups is 1. The van der Waals surface area contributed by atoms with E-state index in [0.29, 0.717) is 6.54 Å². The molecule has 0 saturated carbocycles. The standard InChI is InChI=1S/C17H26N2O2/c1-13(2)21-16-6-4-14(5-7-16)12-18-17(20)15-8-10-19(3)11-9-15/h4-7,13,15H,8-12H2,1-3H3,(H,18,20). The monoisotopic (exact) mass is 290 g/mol. The van der Waals surface area contributed by atoms with Crippen molar-refractivity contribution >= 4 is 5.91 Å². The van der Waals surface area contributed by atoms with Crippen LogP contribution in [0, 0.1) is 5.92 Å². The third kappa shape index (κ3) is 5.05. The van der Waals surface area contributed by atoms with Crippen molar-refractivity contribution in [1.29, 1.82) is 0 Å². The maximum Gasteiger partial charge on any atom is 0.223 e. The molecule has 4 nitrogen and oxygen atoms in total. The lowest BCUT2D eigenvalue weighted by atomic mass is 9.96. The molecule has 1 heterocycles. The first kappa shape index (κ1) is 15.8. The van der Waals surface area contributed by atoms with Gasteiger partial charge in [-0.2, -0.15) is 0 Å². The van der Waals surface area contributed by atoms with Gasteiger partial charge in [-0.05, 0) is 64.5 Å². The fourth-order valence-electron chi connectivity index (χ4n) is 2.56. The van der Waals surface area contributed by atoms with Gasteiger partial charge in [0.25, 0.3) is 0 Å². The summed E-state index contributed by atoms with van der Waals surface area (Å²) in [4.78, 5) is 14.4. The number of nitrogens with one attached hydrogen (secondary N) is 1. The van der Waals surface area contributed by atoms with E-state index in [1.54, 1.807) is 0 Å². The summed E-state index contributed by atoms with van der Waals surface area (Å²) < 4.78 is 5.61. The van der Waals surface area contributed by atoms with E-state index in [1.807, 2.05) is 38.1 Å². The van der Waals surface area contributed by atoms with E-state index in [2.05, 4.69) is 17.3 Å². The lowest BCUT2D eigenvalue weighted by Gasteiger charge is -2.28. The first-order valence-electron chi connectivity index (χ1n) is 7.76. The molecule has 0 atom stereocenters. The number of amides is 1. The van der Waals surface area contributed by atoms with Gasteiger partial charge < -0.3 is 15.0 Å². The predicted octanol–water partition coefficient (Wildman–Crippen LogP) is 2.43. The number of nitrogens with zero attached hydrogens (tertiary/aromatic N) is 1. The number of rotatable bonds is 5. The van der Waals surface area contributed by atoms with Crippen LogP contribution in [0.1, 0.15) is 32.3 Å². The first-order chi connectivity index (χ1) is 10.0. The number of piperidine rings is 1. The molecule has 116 valence electrons. The Kier molecular flexibility index (Phi) is 5.62. The van der Waals surface area contributed by atoms with Gasteiger partial charge in [-0.25, -0.2) is 0 Å². The van der Waals surface area contributed by atoms with Gasteiger partial charge in [0.1, 0.15) is 5.75 Å². The second-order valence-electron chi connectivity index (χ2n) is 6.11. The minimum absolute atomic E-state index is 0.171. The van der Waals surface area contributed by atoms with Crippen LogP contribution >= 0.6 is 0 Å². The molecule has 0 aliphatic carbocycles. The minimum atomic E-state index is 0.171. The highest BCUT2D eigenvalue weighted by atomic mass is 16.5. The molecule has 1 aromatic rings. The van der Waals surface area contributed by atoms with E-state index >= 15 is 0 Å². The Morgan fingerprint density at radius 1 is 1.29 bits per heavy atom. The first-order valence-corrected chi connectivity index (χ1v) is 7.76. The molecular formula is C17H26N2O2. The summed E-state index contributed by atoms with van der Waals surface area (Å²) in [5.74, 6) is 1.23. The Labute approximate surface area is 127 Å². The van der Waals surface area contributed by atoms with Crippen LogP contribution in [0.25, 0.3) is 0 Å². The summed E-state index contributed by atoms with van der Waals surface area (Å²) in [7, 11) is 2.11. The molecule has 1 aromatic carbocycles. The molecule has 1 N–H and O–H groups in total. The van der Waals surface area contributed by atoms with Gasteiger partial charge >= 0.3 is 0 Å². The quantitative estimate of drug-likeness (QED) is 0.905. The molecule has 0 spiro atoms. The Bertz CT molecular complexity index is 448. The Balaban J connectivity index is 1.78. The summed E-state index contributed by atoms with van der Waals surface area (Å²) in [6, 6.07) is 7.92. The molecule has 0 aromatic heterocycles. The van der Waals surface area contributed by atoms with E-state index in [4.69, 9.17) is 4.74 Å². The van der Waals surface area contributed by atoms with Gasteiger partial charge in [-0.15, -0.1) is 0 Å². The van der Waals surface area contributed by atoms with Crippen LogP contribution in [0.2, 0.25) is 0 Å². The van der Waals surface area contributed by atoms with Gasteiger partial charge in [-0.1, -0.05) is 12.1 Å². The molecule has 1 saturated heterocycles. The maximum atomic E-state index is 12.1. The number of hydrogen-bond acceptors (Lipinski definition) is 3. The molecule has 1 aliphatic rings. The number of likely N-dealkylation sites (tertiary alicyclic amines) is 1. The van der Waals surface area contributed by atoms with Gasteiger partial charge in [0.2, 0.25) is 5.91 Å². The molecule has 21 heavy (non-hydrogen) atoms. The largest absolute Gasteiger partial charge is 0.491 e. The maximum absolute atomic E-state index is 12.1. The van der Waals surface area contributed by atoms with Crippen molar-refractivity contribution in [2.75, 3.05) is 20.1 Å². The van der Waals surface area contributed by atoms with E-state index in [1.165, 1.54) is 0 Å². The van der Waals surface area contributed by atoms with E-state index in [0.717, 1.165) is 37.2 Å². The fraction of sp³-hybridized carbons (Fsp3) is 0.588. The summed E-state index contributed by atoms with van der Waals surface area (Å²) >= 11 is 0. The van der Waals surface area contributed by atoms with Gasteiger partial charge in [0.15, 0.2) is 0 Å². The van der Waals surface area contributed by atoms with Crippen LogP contribution < -0.4 is 10.1 Å². The molecule has 1 fully saturated rings. The second-order valence-corrected chi connectivity index (χ2v) is 6.11. The Morgan fingerprint density at radius 3 is 2.48 bits per heavy atom. The number of ether oxygens (including phenoxy) is 1. The highest BCUT2D eigenvalue weighted by Gasteiger charge is 2.22. The van der Waals surface area contributed by atoms with Crippen molar-refractivity contribution in [3.63, 3.8) is 0 Å². The smallest absolute Gasteiger partial charge is 0.223 e. The van der Waals surface area contributed by atoms with E-state index in [-0.39, 0.29) is 17.9 Å². The molecule has 0 radical (unpaired) electrons. The molecule has 1 amide bonds. The van der Waals surface area contributed by atoms with Gasteiger partial charge in [0.05, 0.1) is 6.10 Å². The highest BCUT2D eigenvalue weighted by Crippen LogP contribution is 2.17. The zero-order valence-corrected chi connectivity index (χ0v) is 13.3. The zero-order valence-electron chi connectivity index (χ0n) is 13.3. The molecule has 0 unspecified atom stereocenters. The van der Waals surface area contributed by atoms with E-state index in [9.17, 15) is 4.79 Å². The van der Waals surface area contributed by atoms with Crippen molar-refractivity contribution in [3.8, 4) is 5.75 Å².